The molecule has 0 saturated carbocycles. The number of hydrogen-bond acceptors (Lipinski definition) is 5. The van der Waals surface area contributed by atoms with Crippen LogP contribution >= 0.6 is 11.8 Å². The van der Waals surface area contributed by atoms with Gasteiger partial charge in [-0.3, -0.25) is 4.79 Å². The monoisotopic (exact) mass is 374 g/mol. The molecule has 1 fully saturated rings. The molecule has 0 spiro atoms. The Kier molecular flexibility index (Phi) is 7.20. The molecule has 8 heteroatoms. The van der Waals surface area contributed by atoms with E-state index in [0.717, 1.165) is 69.0 Å². The van der Waals surface area contributed by atoms with Gasteiger partial charge < -0.3 is 15.1 Å². The van der Waals surface area contributed by atoms with Gasteiger partial charge in [0.05, 0.1) is 0 Å². The van der Waals surface area contributed by atoms with Crippen LogP contribution < -0.4 is 5.32 Å². The third-order valence-corrected chi connectivity index (χ3v) is 6.13. The molecule has 140 valence electrons. The van der Waals surface area contributed by atoms with E-state index < -0.39 is 0 Å². The lowest BCUT2D eigenvalue weighted by Crippen LogP contribution is -2.46. The number of thioether (sulfide) groups is 1. The molecule has 2 aliphatic rings. The lowest BCUT2D eigenvalue weighted by molar-refractivity contribution is 0.0966. The molecule has 2 aliphatic heterocycles. The summed E-state index contributed by atoms with van der Waals surface area (Å²) in [5.41, 5.74) is 10.3. The summed E-state index contributed by atoms with van der Waals surface area (Å²) in [5, 5.41) is 6.49. The summed E-state index contributed by atoms with van der Waals surface area (Å²) in [5.74, 6) is 1.14. The molecule has 0 aliphatic carbocycles. The van der Waals surface area contributed by atoms with E-state index in [1.54, 1.807) is 0 Å². The van der Waals surface area contributed by atoms with Gasteiger partial charge in [0.25, 0.3) is 5.91 Å². The molecule has 1 aromatic carbocycles. The molecule has 0 aromatic heterocycles. The molecule has 3 rings (SSSR count). The van der Waals surface area contributed by atoms with Gasteiger partial charge in [-0.2, -0.15) is 0 Å². The van der Waals surface area contributed by atoms with Crippen molar-refractivity contribution < 1.29 is 4.79 Å². The molecule has 7 nitrogen and oxygen atoms in total. The standard InChI is InChI=1S/C18H26N6OS/c19-22-21-6-2-7-23-9-11-24(12-10-23)8-3-13-26-17-5-1-4-15-16(17)14-20-18(15)25/h1,4-5H,2-3,6-14H2,(H,20,25). The van der Waals surface area contributed by atoms with Crippen molar-refractivity contribution in [2.75, 3.05) is 51.6 Å². The third-order valence-electron chi connectivity index (χ3n) is 4.94. The first kappa shape index (κ1) is 19.0. The summed E-state index contributed by atoms with van der Waals surface area (Å²) in [6, 6.07) is 6.01. The highest BCUT2D eigenvalue weighted by Crippen LogP contribution is 2.28. The zero-order valence-electron chi connectivity index (χ0n) is 15.1. The van der Waals surface area contributed by atoms with Crippen LogP contribution in [0.3, 0.4) is 0 Å². The van der Waals surface area contributed by atoms with Gasteiger partial charge in [0.15, 0.2) is 0 Å². The summed E-state index contributed by atoms with van der Waals surface area (Å²) < 4.78 is 0. The molecule has 1 saturated heterocycles. The summed E-state index contributed by atoms with van der Waals surface area (Å²) in [6.07, 6.45) is 2.10. The maximum atomic E-state index is 11.7. The summed E-state index contributed by atoms with van der Waals surface area (Å²) in [6.45, 7) is 7.85. The Bertz CT molecular complexity index is 668. The van der Waals surface area contributed by atoms with Gasteiger partial charge in [0.2, 0.25) is 0 Å². The van der Waals surface area contributed by atoms with Crippen molar-refractivity contribution in [1.82, 2.24) is 15.1 Å². The Morgan fingerprint density at radius 2 is 1.88 bits per heavy atom. The van der Waals surface area contributed by atoms with Crippen LogP contribution in [0.2, 0.25) is 0 Å². The lowest BCUT2D eigenvalue weighted by Gasteiger charge is -2.34. The normalized spacial score (nSPS) is 17.6. The molecule has 2 heterocycles. The molecule has 0 unspecified atom stereocenters. The Morgan fingerprint density at radius 3 is 2.62 bits per heavy atom. The predicted molar refractivity (Wildman–Crippen MR) is 104 cm³/mol. The first-order valence-corrected chi connectivity index (χ1v) is 10.2. The minimum atomic E-state index is 0.0553. The number of hydrogen-bond donors (Lipinski definition) is 1. The summed E-state index contributed by atoms with van der Waals surface area (Å²) in [4.78, 5) is 20.7. The molecular weight excluding hydrogens is 348 g/mol. The van der Waals surface area contributed by atoms with Crippen molar-refractivity contribution in [1.29, 1.82) is 0 Å². The molecule has 1 amide bonds. The first-order chi connectivity index (χ1) is 12.8. The quantitative estimate of drug-likeness (QED) is 0.237. The van der Waals surface area contributed by atoms with E-state index in [9.17, 15) is 4.79 Å². The number of piperazine rings is 1. The van der Waals surface area contributed by atoms with E-state index in [4.69, 9.17) is 5.53 Å². The fourth-order valence-electron chi connectivity index (χ4n) is 3.48. The van der Waals surface area contributed by atoms with E-state index in [1.807, 2.05) is 23.9 Å². The highest BCUT2D eigenvalue weighted by molar-refractivity contribution is 7.99. The van der Waals surface area contributed by atoms with Gasteiger partial charge in [-0.25, -0.2) is 0 Å². The zero-order chi connectivity index (χ0) is 18.2. The van der Waals surface area contributed by atoms with Crippen LogP contribution in [0, 0.1) is 0 Å². The second kappa shape index (κ2) is 9.83. The van der Waals surface area contributed by atoms with Crippen molar-refractivity contribution >= 4 is 17.7 Å². The van der Waals surface area contributed by atoms with Crippen molar-refractivity contribution in [3.63, 3.8) is 0 Å². The number of rotatable bonds is 9. The Balaban J connectivity index is 1.32. The van der Waals surface area contributed by atoms with Gasteiger partial charge in [-0.05, 0) is 54.9 Å². The Morgan fingerprint density at radius 1 is 1.15 bits per heavy atom. The second-order valence-corrected chi connectivity index (χ2v) is 7.80. The number of nitrogens with zero attached hydrogens (tertiary/aromatic N) is 5. The summed E-state index contributed by atoms with van der Waals surface area (Å²) in [7, 11) is 0. The number of amides is 1. The van der Waals surface area contributed by atoms with Crippen LogP contribution in [0.1, 0.15) is 28.8 Å². The zero-order valence-corrected chi connectivity index (χ0v) is 15.9. The predicted octanol–water partition coefficient (Wildman–Crippen LogP) is 2.73. The number of carbonyl (C=O) groups is 1. The highest BCUT2D eigenvalue weighted by Gasteiger charge is 2.21. The van der Waals surface area contributed by atoms with Gasteiger partial charge in [-0.1, -0.05) is 11.2 Å². The molecule has 26 heavy (non-hydrogen) atoms. The SMILES string of the molecule is [N-]=[N+]=NCCCN1CCN(CCCSc2cccc3c2CNC3=O)CC1. The Labute approximate surface area is 158 Å². The van der Waals surface area contributed by atoms with Crippen LogP contribution in [0.4, 0.5) is 0 Å². The van der Waals surface area contributed by atoms with Crippen molar-refractivity contribution in [3.05, 3.63) is 39.8 Å². The van der Waals surface area contributed by atoms with E-state index >= 15 is 0 Å². The Hall–Kier alpha value is -1.73. The topological polar surface area (TPSA) is 84.3 Å². The molecule has 0 radical (unpaired) electrons. The van der Waals surface area contributed by atoms with Gasteiger partial charge in [-0.15, -0.1) is 11.8 Å². The third kappa shape index (κ3) is 5.14. The molecule has 1 N–H and O–H groups in total. The lowest BCUT2D eigenvalue weighted by atomic mass is 10.1. The van der Waals surface area contributed by atoms with E-state index in [2.05, 4.69) is 31.2 Å². The minimum absolute atomic E-state index is 0.0553. The van der Waals surface area contributed by atoms with Crippen molar-refractivity contribution in [2.24, 2.45) is 5.11 Å². The van der Waals surface area contributed by atoms with E-state index in [1.165, 1.54) is 4.90 Å². The van der Waals surface area contributed by atoms with Gasteiger partial charge in [0.1, 0.15) is 0 Å². The number of fused-ring (bicyclic) bond motifs is 1. The number of azide groups is 1. The number of benzene rings is 1. The van der Waals surface area contributed by atoms with Crippen LogP contribution in [0.15, 0.2) is 28.2 Å². The van der Waals surface area contributed by atoms with Crippen molar-refractivity contribution in [2.45, 2.75) is 24.3 Å². The number of carbonyl (C=O) groups excluding carboxylic acids is 1. The van der Waals surface area contributed by atoms with Gasteiger partial charge >= 0.3 is 0 Å². The molecule has 1 aromatic rings. The number of nitrogens with one attached hydrogen (secondary N) is 1. The average Bonchev–Trinajstić information content (AvgIpc) is 3.05. The van der Waals surface area contributed by atoms with Crippen LogP contribution in [-0.4, -0.2) is 67.3 Å². The van der Waals surface area contributed by atoms with Crippen LogP contribution in [-0.2, 0) is 6.54 Å². The maximum absolute atomic E-state index is 11.7. The molecule has 0 bridgehead atoms. The summed E-state index contributed by atoms with van der Waals surface area (Å²) >= 11 is 1.86. The van der Waals surface area contributed by atoms with Crippen LogP contribution in [0.25, 0.3) is 10.4 Å². The largest absolute Gasteiger partial charge is 0.348 e. The van der Waals surface area contributed by atoms with E-state index in [0.29, 0.717) is 13.1 Å². The van der Waals surface area contributed by atoms with Crippen LogP contribution in [0.5, 0.6) is 0 Å². The molecule has 0 atom stereocenters. The maximum Gasteiger partial charge on any atom is 0.251 e. The highest BCUT2D eigenvalue weighted by atomic mass is 32.2. The molecular formula is C18H26N6OS. The van der Waals surface area contributed by atoms with Crippen molar-refractivity contribution in [3.8, 4) is 0 Å². The second-order valence-electron chi connectivity index (χ2n) is 6.66. The van der Waals surface area contributed by atoms with E-state index in [-0.39, 0.29) is 5.91 Å². The first-order valence-electron chi connectivity index (χ1n) is 9.26. The fourth-order valence-corrected chi connectivity index (χ4v) is 4.50. The smallest absolute Gasteiger partial charge is 0.251 e. The fraction of sp³-hybridized carbons (Fsp3) is 0.611. The minimum Gasteiger partial charge on any atom is -0.348 e. The average molecular weight is 375 g/mol. The van der Waals surface area contributed by atoms with Gasteiger partial charge in [0, 0.05) is 54.6 Å².